The average Bonchev–Trinajstić information content (AvgIpc) is 2.80. The minimum Gasteiger partial charge on any atom is -0.388 e. The number of benzene rings is 3. The zero-order valence-electron chi connectivity index (χ0n) is 20.0. The number of nitriles is 1. The van der Waals surface area contributed by atoms with Gasteiger partial charge in [0, 0.05) is 12.3 Å². The molecule has 4 rings (SSSR count). The summed E-state index contributed by atoms with van der Waals surface area (Å²) in [5, 5.41) is 22.3. The molecule has 0 saturated heterocycles. The summed E-state index contributed by atoms with van der Waals surface area (Å²) in [4.78, 5) is 4.77. The first-order chi connectivity index (χ1) is 15.9. The molecule has 0 saturated carbocycles. The molecule has 1 heterocycles. The van der Waals surface area contributed by atoms with Crippen molar-refractivity contribution in [2.75, 3.05) is 6.54 Å². The Morgan fingerprint density at radius 1 is 1.00 bits per heavy atom. The standard InChI is InChI=1S/C30H32N2O/c1-19(2)13-29(33)28-16-22(14-25-10-8-23(18-31)17-26(25)28)6-5-21-7-9-24-11-12-32-30(20(3)4)27(24)15-21/h5-10,14-17,19-20,29,33H,11-13H2,1-4H3. The van der Waals surface area contributed by atoms with Crippen LogP contribution in [0.3, 0.4) is 0 Å². The second kappa shape index (κ2) is 9.73. The third kappa shape index (κ3) is 5.07. The van der Waals surface area contributed by atoms with Gasteiger partial charge in [-0.1, -0.05) is 58.0 Å². The lowest BCUT2D eigenvalue weighted by molar-refractivity contribution is 0.152. The topological polar surface area (TPSA) is 56.4 Å². The molecule has 168 valence electrons. The summed E-state index contributed by atoms with van der Waals surface area (Å²) in [6.07, 6.45) is 5.36. The summed E-state index contributed by atoms with van der Waals surface area (Å²) in [5.74, 6) is 0.785. The van der Waals surface area contributed by atoms with Crippen molar-refractivity contribution in [3.05, 3.63) is 81.9 Å². The Labute approximate surface area is 197 Å². The fraction of sp³-hybridized carbons (Fsp3) is 0.333. The van der Waals surface area contributed by atoms with Crippen molar-refractivity contribution in [2.24, 2.45) is 16.8 Å². The Kier molecular flexibility index (Phi) is 6.77. The normalized spacial score (nSPS) is 14.5. The first kappa shape index (κ1) is 23.0. The van der Waals surface area contributed by atoms with Crippen molar-refractivity contribution in [1.82, 2.24) is 0 Å². The molecular formula is C30H32N2O. The second-order valence-corrected chi connectivity index (χ2v) is 9.72. The van der Waals surface area contributed by atoms with Gasteiger partial charge in [-0.25, -0.2) is 0 Å². The monoisotopic (exact) mass is 436 g/mol. The van der Waals surface area contributed by atoms with E-state index in [-0.39, 0.29) is 0 Å². The summed E-state index contributed by atoms with van der Waals surface area (Å²) in [5.41, 5.74) is 7.54. The molecule has 0 amide bonds. The van der Waals surface area contributed by atoms with Gasteiger partial charge in [-0.15, -0.1) is 0 Å². The van der Waals surface area contributed by atoms with Crippen LogP contribution in [0.1, 0.15) is 73.6 Å². The third-order valence-corrected chi connectivity index (χ3v) is 6.28. The van der Waals surface area contributed by atoms with E-state index in [0.717, 1.165) is 40.4 Å². The molecule has 3 aromatic rings. The van der Waals surface area contributed by atoms with E-state index in [4.69, 9.17) is 4.99 Å². The van der Waals surface area contributed by atoms with Gasteiger partial charge < -0.3 is 5.11 Å². The van der Waals surface area contributed by atoms with Gasteiger partial charge in [0.1, 0.15) is 0 Å². The molecule has 1 atom stereocenters. The van der Waals surface area contributed by atoms with E-state index >= 15 is 0 Å². The minimum absolute atomic E-state index is 0.376. The summed E-state index contributed by atoms with van der Waals surface area (Å²) < 4.78 is 0. The molecule has 1 aliphatic heterocycles. The van der Waals surface area contributed by atoms with Gasteiger partial charge in [0.05, 0.1) is 17.7 Å². The van der Waals surface area contributed by atoms with E-state index < -0.39 is 6.10 Å². The van der Waals surface area contributed by atoms with Gasteiger partial charge in [-0.05, 0) is 93.6 Å². The lowest BCUT2D eigenvalue weighted by atomic mass is 9.90. The Balaban J connectivity index is 1.73. The number of rotatable bonds is 6. The van der Waals surface area contributed by atoms with E-state index in [0.29, 0.717) is 23.8 Å². The summed E-state index contributed by atoms with van der Waals surface area (Å²) in [6, 6.07) is 18.8. The highest BCUT2D eigenvalue weighted by Crippen LogP contribution is 2.31. The van der Waals surface area contributed by atoms with Crippen LogP contribution in [0.25, 0.3) is 22.9 Å². The lowest BCUT2D eigenvalue weighted by Crippen LogP contribution is -2.18. The molecule has 0 spiro atoms. The molecule has 1 aliphatic rings. The van der Waals surface area contributed by atoms with Gasteiger partial charge in [-0.2, -0.15) is 5.26 Å². The minimum atomic E-state index is -0.566. The van der Waals surface area contributed by atoms with Gasteiger partial charge >= 0.3 is 0 Å². The predicted molar refractivity (Wildman–Crippen MR) is 138 cm³/mol. The number of fused-ring (bicyclic) bond motifs is 2. The quantitative estimate of drug-likeness (QED) is 0.425. The zero-order chi connectivity index (χ0) is 23.5. The highest BCUT2D eigenvalue weighted by molar-refractivity contribution is 6.04. The molecule has 1 N–H and O–H groups in total. The first-order valence-electron chi connectivity index (χ1n) is 11.9. The van der Waals surface area contributed by atoms with Crippen LogP contribution in [0.2, 0.25) is 0 Å². The SMILES string of the molecule is CC(C)CC(O)c1cc(C=Cc2ccc3c(c2)C(C(C)C)=NCC3)cc2ccc(C#N)cc12. The molecular weight excluding hydrogens is 404 g/mol. The molecule has 3 heteroatoms. The predicted octanol–water partition coefficient (Wildman–Crippen LogP) is 6.96. The Hall–Kier alpha value is -3.22. The second-order valence-electron chi connectivity index (χ2n) is 9.72. The van der Waals surface area contributed by atoms with Crippen molar-refractivity contribution < 1.29 is 5.11 Å². The van der Waals surface area contributed by atoms with E-state index in [9.17, 15) is 10.4 Å². The molecule has 0 bridgehead atoms. The fourth-order valence-corrected chi connectivity index (χ4v) is 4.65. The molecule has 0 aromatic heterocycles. The molecule has 1 unspecified atom stereocenters. The highest BCUT2D eigenvalue weighted by Gasteiger charge is 2.17. The van der Waals surface area contributed by atoms with Crippen molar-refractivity contribution >= 4 is 28.6 Å². The van der Waals surface area contributed by atoms with Crippen LogP contribution in [-0.4, -0.2) is 17.4 Å². The molecule has 0 fully saturated rings. The highest BCUT2D eigenvalue weighted by atomic mass is 16.3. The smallest absolute Gasteiger partial charge is 0.0991 e. The van der Waals surface area contributed by atoms with Gasteiger partial charge in [-0.3, -0.25) is 4.99 Å². The summed E-state index contributed by atoms with van der Waals surface area (Å²) in [7, 11) is 0. The van der Waals surface area contributed by atoms with Crippen LogP contribution in [0, 0.1) is 23.2 Å². The third-order valence-electron chi connectivity index (χ3n) is 6.28. The van der Waals surface area contributed by atoms with Crippen LogP contribution in [0.5, 0.6) is 0 Å². The van der Waals surface area contributed by atoms with Crippen LogP contribution in [0.15, 0.2) is 53.5 Å². The van der Waals surface area contributed by atoms with Crippen molar-refractivity contribution in [2.45, 2.75) is 46.6 Å². The molecule has 3 nitrogen and oxygen atoms in total. The summed E-state index contributed by atoms with van der Waals surface area (Å²) >= 11 is 0. The summed E-state index contributed by atoms with van der Waals surface area (Å²) in [6.45, 7) is 9.50. The van der Waals surface area contributed by atoms with E-state index in [1.165, 1.54) is 16.8 Å². The number of hydrogen-bond donors (Lipinski definition) is 1. The van der Waals surface area contributed by atoms with Crippen LogP contribution < -0.4 is 0 Å². The molecule has 0 aliphatic carbocycles. The molecule has 33 heavy (non-hydrogen) atoms. The number of aliphatic hydroxyl groups excluding tert-OH is 1. The Bertz CT molecular complexity index is 1270. The van der Waals surface area contributed by atoms with E-state index in [1.54, 1.807) is 0 Å². The number of hydrogen-bond acceptors (Lipinski definition) is 3. The van der Waals surface area contributed by atoms with Gasteiger partial charge in [0.2, 0.25) is 0 Å². The maximum absolute atomic E-state index is 11.0. The first-order valence-corrected chi connectivity index (χ1v) is 11.9. The lowest BCUT2D eigenvalue weighted by Gasteiger charge is -2.20. The molecule has 0 radical (unpaired) electrons. The van der Waals surface area contributed by atoms with Crippen molar-refractivity contribution in [3.8, 4) is 6.07 Å². The zero-order valence-corrected chi connectivity index (χ0v) is 20.0. The van der Waals surface area contributed by atoms with Crippen molar-refractivity contribution in [3.63, 3.8) is 0 Å². The maximum atomic E-state index is 11.0. The Morgan fingerprint density at radius 2 is 1.79 bits per heavy atom. The van der Waals surface area contributed by atoms with Crippen LogP contribution >= 0.6 is 0 Å². The molecule has 3 aromatic carbocycles. The van der Waals surface area contributed by atoms with Gasteiger partial charge in [0.25, 0.3) is 0 Å². The fourth-order valence-electron chi connectivity index (χ4n) is 4.65. The van der Waals surface area contributed by atoms with Crippen LogP contribution in [0.4, 0.5) is 0 Å². The van der Waals surface area contributed by atoms with E-state index in [1.807, 2.05) is 18.2 Å². The Morgan fingerprint density at radius 3 is 2.52 bits per heavy atom. The number of nitrogens with zero attached hydrogens (tertiary/aromatic N) is 2. The van der Waals surface area contributed by atoms with Gasteiger partial charge in [0.15, 0.2) is 0 Å². The number of aliphatic hydroxyl groups is 1. The number of aliphatic imine (C=N–C) groups is 1. The average molecular weight is 437 g/mol. The van der Waals surface area contributed by atoms with E-state index in [2.05, 4.69) is 76.2 Å². The van der Waals surface area contributed by atoms with Crippen molar-refractivity contribution in [1.29, 1.82) is 5.26 Å². The van der Waals surface area contributed by atoms with Crippen LogP contribution in [-0.2, 0) is 6.42 Å². The largest absolute Gasteiger partial charge is 0.388 e. The maximum Gasteiger partial charge on any atom is 0.0991 e.